The lowest BCUT2D eigenvalue weighted by atomic mass is 10.2. The van der Waals surface area contributed by atoms with E-state index in [9.17, 15) is 22.8 Å². The molecule has 108 valence electrons. The Bertz CT molecular complexity index is 519. The van der Waals surface area contributed by atoms with E-state index in [-0.39, 0.29) is 19.6 Å². The maximum atomic E-state index is 11.8. The number of hydrogen-bond acceptors (Lipinski definition) is 3. The van der Waals surface area contributed by atoms with Crippen molar-refractivity contribution in [2.45, 2.75) is 32.5 Å². The monoisotopic (exact) mass is 280 g/mol. The van der Waals surface area contributed by atoms with Gasteiger partial charge in [0.15, 0.2) is 0 Å². The fourth-order valence-electron chi connectivity index (χ4n) is 1.50. The number of H-pyrrole nitrogens is 1. The predicted molar refractivity (Wildman–Crippen MR) is 62.2 cm³/mol. The first-order chi connectivity index (χ1) is 8.83. The third kappa shape index (κ3) is 5.29. The summed E-state index contributed by atoms with van der Waals surface area (Å²) in [6.07, 6.45) is -2.19. The van der Waals surface area contributed by atoms with Crippen LogP contribution >= 0.6 is 0 Å². The minimum absolute atomic E-state index is 0.105. The molecule has 19 heavy (non-hydrogen) atoms. The largest absolute Gasteiger partial charge is 0.411 e. The number of alkyl halides is 3. The molecule has 0 radical (unpaired) electrons. The van der Waals surface area contributed by atoms with Gasteiger partial charge in [-0.25, -0.2) is 4.79 Å². The molecule has 0 spiro atoms. The molecule has 0 atom stereocenters. The van der Waals surface area contributed by atoms with Crippen LogP contribution in [0, 0.1) is 0 Å². The number of ether oxygens (including phenoxy) is 1. The minimum atomic E-state index is -4.34. The topological polar surface area (TPSA) is 64.1 Å². The Balaban J connectivity index is 2.50. The van der Waals surface area contributed by atoms with Gasteiger partial charge in [-0.3, -0.25) is 9.78 Å². The van der Waals surface area contributed by atoms with Crippen LogP contribution in [0.3, 0.4) is 0 Å². The zero-order valence-corrected chi connectivity index (χ0v) is 10.4. The van der Waals surface area contributed by atoms with E-state index in [1.807, 2.05) is 0 Å². The number of hydrogen-bond donors (Lipinski definition) is 1. The molecule has 1 rings (SSSR count). The molecule has 0 saturated carbocycles. The van der Waals surface area contributed by atoms with Crippen molar-refractivity contribution in [1.29, 1.82) is 0 Å². The van der Waals surface area contributed by atoms with Gasteiger partial charge in [-0.2, -0.15) is 13.2 Å². The lowest BCUT2D eigenvalue weighted by Crippen LogP contribution is -2.32. The molecular weight excluding hydrogens is 265 g/mol. The highest BCUT2D eigenvalue weighted by Crippen LogP contribution is 2.14. The van der Waals surface area contributed by atoms with E-state index in [1.54, 1.807) is 6.92 Å². The van der Waals surface area contributed by atoms with Gasteiger partial charge >= 0.3 is 11.9 Å². The number of aromatic amines is 1. The van der Waals surface area contributed by atoms with E-state index in [0.717, 1.165) is 0 Å². The van der Waals surface area contributed by atoms with Crippen LogP contribution in [0.1, 0.15) is 18.9 Å². The highest BCUT2D eigenvalue weighted by atomic mass is 19.4. The van der Waals surface area contributed by atoms with E-state index in [4.69, 9.17) is 0 Å². The van der Waals surface area contributed by atoms with Crippen LogP contribution in [0.25, 0.3) is 0 Å². The van der Waals surface area contributed by atoms with Crippen LogP contribution < -0.4 is 11.2 Å². The van der Waals surface area contributed by atoms with Crippen molar-refractivity contribution in [3.63, 3.8) is 0 Å². The lowest BCUT2D eigenvalue weighted by molar-refractivity contribution is -0.174. The molecule has 1 N–H and O–H groups in total. The molecule has 0 aliphatic heterocycles. The van der Waals surface area contributed by atoms with Gasteiger partial charge in [0.25, 0.3) is 5.56 Å². The van der Waals surface area contributed by atoms with E-state index >= 15 is 0 Å². The van der Waals surface area contributed by atoms with Crippen LogP contribution in [-0.4, -0.2) is 28.9 Å². The van der Waals surface area contributed by atoms with E-state index in [0.29, 0.717) is 12.0 Å². The van der Waals surface area contributed by atoms with Crippen LogP contribution in [0.5, 0.6) is 0 Å². The van der Waals surface area contributed by atoms with Crippen molar-refractivity contribution < 1.29 is 17.9 Å². The summed E-state index contributed by atoms with van der Waals surface area (Å²) in [5, 5.41) is 0. The Morgan fingerprint density at radius 3 is 2.63 bits per heavy atom. The Morgan fingerprint density at radius 2 is 2.05 bits per heavy atom. The first kappa shape index (κ1) is 15.5. The third-order valence-electron chi connectivity index (χ3n) is 2.42. The molecule has 0 aliphatic rings. The fraction of sp³-hybridized carbons (Fsp3) is 0.636. The van der Waals surface area contributed by atoms with Crippen molar-refractivity contribution in [2.24, 2.45) is 0 Å². The van der Waals surface area contributed by atoms with Crippen LogP contribution in [0.15, 0.2) is 15.8 Å². The van der Waals surface area contributed by atoms with Crippen molar-refractivity contribution in [2.75, 3.05) is 13.2 Å². The summed E-state index contributed by atoms with van der Waals surface area (Å²) in [4.78, 5) is 24.9. The zero-order chi connectivity index (χ0) is 14.5. The minimum Gasteiger partial charge on any atom is -0.372 e. The number of nitrogens with zero attached hydrogens (tertiary/aromatic N) is 1. The summed E-state index contributed by atoms with van der Waals surface area (Å²) in [5.74, 6) is 0. The zero-order valence-electron chi connectivity index (χ0n) is 10.4. The van der Waals surface area contributed by atoms with Gasteiger partial charge in [-0.1, -0.05) is 6.92 Å². The van der Waals surface area contributed by atoms with Gasteiger partial charge in [0, 0.05) is 24.9 Å². The summed E-state index contributed by atoms with van der Waals surface area (Å²) in [7, 11) is 0. The normalized spacial score (nSPS) is 11.8. The van der Waals surface area contributed by atoms with Crippen LogP contribution in [-0.2, 0) is 17.7 Å². The first-order valence-corrected chi connectivity index (χ1v) is 5.80. The highest BCUT2D eigenvalue weighted by Gasteiger charge is 2.27. The first-order valence-electron chi connectivity index (χ1n) is 5.80. The van der Waals surface area contributed by atoms with Gasteiger partial charge in [0.1, 0.15) is 6.61 Å². The Morgan fingerprint density at radius 1 is 1.37 bits per heavy atom. The van der Waals surface area contributed by atoms with Gasteiger partial charge in [-0.15, -0.1) is 0 Å². The molecule has 0 bridgehead atoms. The molecule has 1 aromatic rings. The van der Waals surface area contributed by atoms with E-state index in [1.165, 1.54) is 10.8 Å². The molecule has 1 heterocycles. The molecule has 0 saturated heterocycles. The molecule has 0 unspecified atom stereocenters. The quantitative estimate of drug-likeness (QED) is 0.793. The van der Waals surface area contributed by atoms with Gasteiger partial charge in [0.2, 0.25) is 0 Å². The molecule has 0 aromatic carbocycles. The standard InChI is InChI=1S/C11H15F3N2O3/c1-2-8-6-16(10(18)15-9(8)17)4-3-5-19-7-11(12,13)14/h6H,2-5,7H2,1H3,(H,15,17,18). The highest BCUT2D eigenvalue weighted by molar-refractivity contribution is 5.03. The van der Waals surface area contributed by atoms with Crippen LogP contribution in [0.2, 0.25) is 0 Å². The second kappa shape index (κ2) is 6.55. The summed E-state index contributed by atoms with van der Waals surface area (Å²) in [6, 6.07) is 0. The number of rotatable bonds is 6. The number of nitrogens with one attached hydrogen (secondary N) is 1. The maximum Gasteiger partial charge on any atom is 0.411 e. The SMILES string of the molecule is CCc1cn(CCCOCC(F)(F)F)c(=O)[nH]c1=O. The maximum absolute atomic E-state index is 11.8. The average molecular weight is 280 g/mol. The average Bonchev–Trinajstić information content (AvgIpc) is 2.29. The number of aryl methyl sites for hydroxylation is 2. The van der Waals surface area contributed by atoms with Gasteiger partial charge in [0.05, 0.1) is 0 Å². The summed E-state index contributed by atoms with van der Waals surface area (Å²) in [5.41, 5.74) is -0.550. The van der Waals surface area contributed by atoms with Gasteiger partial charge < -0.3 is 9.30 Å². The smallest absolute Gasteiger partial charge is 0.372 e. The molecule has 1 aromatic heterocycles. The second-order valence-electron chi connectivity index (χ2n) is 3.98. The number of aromatic nitrogens is 2. The van der Waals surface area contributed by atoms with Crippen molar-refractivity contribution in [1.82, 2.24) is 9.55 Å². The Hall–Kier alpha value is -1.57. The van der Waals surface area contributed by atoms with Crippen LogP contribution in [0.4, 0.5) is 13.2 Å². The summed E-state index contributed by atoms with van der Waals surface area (Å²) < 4.78 is 41.1. The van der Waals surface area contributed by atoms with Crippen molar-refractivity contribution >= 4 is 0 Å². The molecule has 0 fully saturated rings. The molecule has 0 aliphatic carbocycles. The van der Waals surface area contributed by atoms with Crippen molar-refractivity contribution in [3.05, 3.63) is 32.6 Å². The molecule has 5 nitrogen and oxygen atoms in total. The molecule has 8 heteroatoms. The molecular formula is C11H15F3N2O3. The van der Waals surface area contributed by atoms with Gasteiger partial charge in [-0.05, 0) is 12.8 Å². The van der Waals surface area contributed by atoms with E-state index in [2.05, 4.69) is 9.72 Å². The lowest BCUT2D eigenvalue weighted by Gasteiger charge is -2.09. The van der Waals surface area contributed by atoms with E-state index < -0.39 is 24.0 Å². The fourth-order valence-corrected chi connectivity index (χ4v) is 1.50. The Labute approximate surface area is 107 Å². The Kier molecular flexibility index (Phi) is 5.34. The van der Waals surface area contributed by atoms with Crippen molar-refractivity contribution in [3.8, 4) is 0 Å². The molecule has 0 amide bonds. The number of halogens is 3. The predicted octanol–water partition coefficient (Wildman–Crippen LogP) is 1.07. The third-order valence-corrected chi connectivity index (χ3v) is 2.42. The summed E-state index contributed by atoms with van der Waals surface area (Å²) in [6.45, 7) is 0.562. The summed E-state index contributed by atoms with van der Waals surface area (Å²) >= 11 is 0. The second-order valence-corrected chi connectivity index (χ2v) is 3.98.